The Balaban J connectivity index is 1.72. The van der Waals surface area contributed by atoms with Gasteiger partial charge in [0, 0.05) is 19.3 Å². The average Bonchev–Trinajstić information content (AvgIpc) is 2.90. The highest BCUT2D eigenvalue weighted by atomic mass is 16.1. The van der Waals surface area contributed by atoms with Gasteiger partial charge in [-0.2, -0.15) is 0 Å². The minimum atomic E-state index is 0.0874. The second-order valence-corrected chi connectivity index (χ2v) is 6.02. The fourth-order valence-corrected chi connectivity index (χ4v) is 3.17. The highest BCUT2D eigenvalue weighted by Gasteiger charge is 2.20. The number of carbonyl (C=O) groups is 2. The lowest BCUT2D eigenvalue weighted by atomic mass is 9.96. The molecule has 0 N–H and O–H groups in total. The highest BCUT2D eigenvalue weighted by molar-refractivity contribution is 5.85. The Kier molecular flexibility index (Phi) is 4.19. The average molecular weight is 292 g/mol. The number of carbonyl (C=O) groups excluding carboxylic acids is 2. The first-order valence-electron chi connectivity index (χ1n) is 7.85. The van der Waals surface area contributed by atoms with Crippen molar-refractivity contribution in [3.05, 3.63) is 59.2 Å². The molecule has 2 aromatic carbocycles. The van der Waals surface area contributed by atoms with Gasteiger partial charge in [-0.1, -0.05) is 42.5 Å². The number of fused-ring (bicyclic) bond motifs is 3. The van der Waals surface area contributed by atoms with Crippen LogP contribution in [-0.4, -0.2) is 11.6 Å². The fraction of sp³-hybridized carbons (Fsp3) is 0.300. The van der Waals surface area contributed by atoms with Crippen LogP contribution in [0.4, 0.5) is 0 Å². The minimum Gasteiger partial charge on any atom is -0.300 e. The third-order valence-corrected chi connectivity index (χ3v) is 4.38. The van der Waals surface area contributed by atoms with Gasteiger partial charge < -0.3 is 4.79 Å². The molecule has 0 unspecified atom stereocenters. The summed E-state index contributed by atoms with van der Waals surface area (Å²) in [5.41, 5.74) is 6.63. The molecule has 112 valence electrons. The van der Waals surface area contributed by atoms with Crippen LogP contribution in [0.25, 0.3) is 11.1 Å². The minimum absolute atomic E-state index is 0.0874. The van der Waals surface area contributed by atoms with Crippen molar-refractivity contribution in [2.75, 3.05) is 0 Å². The zero-order valence-corrected chi connectivity index (χ0v) is 12.9. The predicted octanol–water partition coefficient (Wildman–Crippen LogP) is 4.13. The molecule has 0 spiro atoms. The Morgan fingerprint density at radius 1 is 0.909 bits per heavy atom. The van der Waals surface area contributed by atoms with Gasteiger partial charge in [-0.15, -0.1) is 0 Å². The van der Waals surface area contributed by atoms with Crippen molar-refractivity contribution < 1.29 is 9.59 Å². The van der Waals surface area contributed by atoms with Crippen LogP contribution in [0.15, 0.2) is 42.5 Å². The first-order chi connectivity index (χ1) is 10.6. The summed E-state index contributed by atoms with van der Waals surface area (Å²) in [4.78, 5) is 22.8. The molecule has 0 saturated heterocycles. The van der Waals surface area contributed by atoms with E-state index in [1.54, 1.807) is 0 Å². The molecule has 0 aromatic heterocycles. The van der Waals surface area contributed by atoms with E-state index in [0.29, 0.717) is 19.3 Å². The van der Waals surface area contributed by atoms with Gasteiger partial charge in [0.1, 0.15) is 11.6 Å². The number of benzene rings is 2. The molecule has 2 aromatic rings. The SMILES string of the molecule is CC(=O)CCC(=O)CCc1cccc2c1Cc1ccccc1-2. The summed E-state index contributed by atoms with van der Waals surface area (Å²) < 4.78 is 0. The Labute approximate surface area is 131 Å². The number of hydrogen-bond acceptors (Lipinski definition) is 2. The van der Waals surface area contributed by atoms with Crippen molar-refractivity contribution in [1.82, 2.24) is 0 Å². The smallest absolute Gasteiger partial charge is 0.133 e. The number of Topliss-reactive ketones (excluding diaryl/α,β-unsaturated/α-hetero) is 2. The molecule has 0 fully saturated rings. The molecule has 0 bridgehead atoms. The number of aryl methyl sites for hydroxylation is 1. The van der Waals surface area contributed by atoms with Crippen molar-refractivity contribution in [3.63, 3.8) is 0 Å². The molecule has 0 radical (unpaired) electrons. The zero-order chi connectivity index (χ0) is 15.5. The topological polar surface area (TPSA) is 34.1 Å². The van der Waals surface area contributed by atoms with Crippen molar-refractivity contribution in [1.29, 1.82) is 0 Å². The maximum atomic E-state index is 11.9. The Morgan fingerprint density at radius 3 is 2.50 bits per heavy atom. The Bertz CT molecular complexity index is 728. The van der Waals surface area contributed by atoms with Crippen LogP contribution >= 0.6 is 0 Å². The van der Waals surface area contributed by atoms with Crippen LogP contribution in [-0.2, 0) is 22.4 Å². The van der Waals surface area contributed by atoms with Gasteiger partial charge in [0.05, 0.1) is 0 Å². The standard InChI is InChI=1S/C20H20O2/c1-14(21)9-11-17(22)12-10-15-6-4-8-19-18-7-3-2-5-16(18)13-20(15)19/h2-8H,9-13H2,1H3. The molecule has 0 aliphatic heterocycles. The van der Waals surface area contributed by atoms with Gasteiger partial charge in [0.15, 0.2) is 0 Å². The Hall–Kier alpha value is -2.22. The first-order valence-corrected chi connectivity index (χ1v) is 7.85. The molecule has 0 atom stereocenters. The summed E-state index contributed by atoms with van der Waals surface area (Å²) in [5.74, 6) is 0.271. The predicted molar refractivity (Wildman–Crippen MR) is 87.9 cm³/mol. The number of hydrogen-bond donors (Lipinski definition) is 0. The monoisotopic (exact) mass is 292 g/mol. The lowest BCUT2D eigenvalue weighted by Crippen LogP contribution is -2.04. The largest absolute Gasteiger partial charge is 0.300 e. The van der Waals surface area contributed by atoms with Gasteiger partial charge in [0.25, 0.3) is 0 Å². The van der Waals surface area contributed by atoms with E-state index in [9.17, 15) is 9.59 Å². The summed E-state index contributed by atoms with van der Waals surface area (Å²) in [7, 11) is 0. The summed E-state index contributed by atoms with van der Waals surface area (Å²) in [6.07, 6.45) is 3.01. The van der Waals surface area contributed by atoms with E-state index in [1.165, 1.54) is 34.7 Å². The lowest BCUT2D eigenvalue weighted by Gasteiger charge is -2.08. The Morgan fingerprint density at radius 2 is 1.68 bits per heavy atom. The third-order valence-electron chi connectivity index (χ3n) is 4.38. The summed E-state index contributed by atoms with van der Waals surface area (Å²) in [5, 5.41) is 0. The van der Waals surface area contributed by atoms with Gasteiger partial charge in [-0.3, -0.25) is 4.79 Å². The van der Waals surface area contributed by atoms with Gasteiger partial charge >= 0.3 is 0 Å². The van der Waals surface area contributed by atoms with Crippen LogP contribution in [0.3, 0.4) is 0 Å². The van der Waals surface area contributed by atoms with E-state index in [4.69, 9.17) is 0 Å². The van der Waals surface area contributed by atoms with Gasteiger partial charge in [0.2, 0.25) is 0 Å². The van der Waals surface area contributed by atoms with E-state index in [-0.39, 0.29) is 11.6 Å². The quantitative estimate of drug-likeness (QED) is 0.684. The normalized spacial score (nSPS) is 11.9. The maximum absolute atomic E-state index is 11.9. The third kappa shape index (κ3) is 3.01. The molecule has 2 nitrogen and oxygen atoms in total. The molecule has 1 aliphatic carbocycles. The lowest BCUT2D eigenvalue weighted by molar-refractivity contribution is -0.123. The van der Waals surface area contributed by atoms with Crippen LogP contribution in [0.5, 0.6) is 0 Å². The van der Waals surface area contributed by atoms with Crippen molar-refractivity contribution in [3.8, 4) is 11.1 Å². The van der Waals surface area contributed by atoms with E-state index in [1.807, 2.05) is 0 Å². The number of ketones is 2. The van der Waals surface area contributed by atoms with Crippen molar-refractivity contribution >= 4 is 11.6 Å². The molecule has 22 heavy (non-hydrogen) atoms. The molecular formula is C20H20O2. The van der Waals surface area contributed by atoms with Crippen molar-refractivity contribution in [2.45, 2.75) is 39.0 Å². The van der Waals surface area contributed by atoms with Crippen molar-refractivity contribution in [2.24, 2.45) is 0 Å². The summed E-state index contributed by atoms with van der Waals surface area (Å²) >= 11 is 0. The molecule has 1 aliphatic rings. The summed E-state index contributed by atoms with van der Waals surface area (Å²) in [6.45, 7) is 1.54. The van der Waals surface area contributed by atoms with Gasteiger partial charge in [-0.25, -0.2) is 0 Å². The second-order valence-electron chi connectivity index (χ2n) is 6.02. The van der Waals surface area contributed by atoms with Crippen LogP contribution in [0.1, 0.15) is 42.9 Å². The van der Waals surface area contributed by atoms with Crippen LogP contribution < -0.4 is 0 Å². The maximum Gasteiger partial charge on any atom is 0.133 e. The van der Waals surface area contributed by atoms with Crippen LogP contribution in [0, 0.1) is 0 Å². The molecular weight excluding hydrogens is 272 g/mol. The van der Waals surface area contributed by atoms with E-state index >= 15 is 0 Å². The number of rotatable bonds is 6. The molecule has 2 heteroatoms. The van der Waals surface area contributed by atoms with Crippen LogP contribution in [0.2, 0.25) is 0 Å². The first kappa shape index (κ1) is 14.7. The van der Waals surface area contributed by atoms with Gasteiger partial charge in [-0.05, 0) is 47.6 Å². The highest BCUT2D eigenvalue weighted by Crippen LogP contribution is 2.38. The van der Waals surface area contributed by atoms with E-state index in [0.717, 1.165) is 12.8 Å². The second kappa shape index (κ2) is 6.27. The van der Waals surface area contributed by atoms with E-state index in [2.05, 4.69) is 42.5 Å². The molecule has 3 rings (SSSR count). The summed E-state index contributed by atoms with van der Waals surface area (Å²) in [6, 6.07) is 14.9. The molecule has 0 saturated carbocycles. The molecule has 0 amide bonds. The van der Waals surface area contributed by atoms with E-state index < -0.39 is 0 Å². The zero-order valence-electron chi connectivity index (χ0n) is 12.9. The fourth-order valence-electron chi connectivity index (χ4n) is 3.17. The molecule has 0 heterocycles.